The molecule has 29 heavy (non-hydrogen) atoms. The van der Waals surface area contributed by atoms with E-state index in [1.807, 2.05) is 24.1 Å². The Hall–Kier alpha value is -2.80. The van der Waals surface area contributed by atoms with E-state index in [9.17, 15) is 9.59 Å². The summed E-state index contributed by atoms with van der Waals surface area (Å²) in [6.45, 7) is 5.74. The summed E-state index contributed by atoms with van der Waals surface area (Å²) in [6, 6.07) is 4.12. The first kappa shape index (κ1) is 19.5. The van der Waals surface area contributed by atoms with Crippen LogP contribution >= 0.6 is 11.6 Å². The smallest absolute Gasteiger partial charge is 0.224 e. The molecule has 0 spiro atoms. The topological polar surface area (TPSA) is 74.2 Å². The highest BCUT2D eigenvalue weighted by molar-refractivity contribution is 6.36. The molecule has 2 aromatic heterocycles. The Balaban J connectivity index is 1.71. The summed E-state index contributed by atoms with van der Waals surface area (Å²) < 4.78 is 2.23. The number of carbonyl (C=O) groups is 2. The van der Waals surface area contributed by atoms with E-state index >= 15 is 0 Å². The van der Waals surface area contributed by atoms with Crippen LogP contribution in [-0.2, 0) is 22.7 Å². The number of hydrogen-bond acceptors (Lipinski definition) is 3. The van der Waals surface area contributed by atoms with Gasteiger partial charge in [-0.2, -0.15) is 5.10 Å². The molecule has 3 heterocycles. The number of nitrogens with one attached hydrogen (secondary N) is 1. The average molecular weight is 414 g/mol. The molecule has 2 amide bonds. The van der Waals surface area contributed by atoms with Crippen LogP contribution in [0.1, 0.15) is 24.6 Å². The second-order valence-corrected chi connectivity index (χ2v) is 7.94. The number of aromatic amines is 1. The molecule has 0 radical (unpaired) electrons. The van der Waals surface area contributed by atoms with Crippen LogP contribution in [0.5, 0.6) is 0 Å². The first-order chi connectivity index (χ1) is 13.9. The van der Waals surface area contributed by atoms with E-state index in [-0.39, 0.29) is 11.8 Å². The van der Waals surface area contributed by atoms with Gasteiger partial charge in [0.1, 0.15) is 0 Å². The van der Waals surface area contributed by atoms with Gasteiger partial charge in [0.25, 0.3) is 0 Å². The molecule has 0 saturated carbocycles. The number of H-pyrrole nitrogens is 1. The Labute approximate surface area is 174 Å². The summed E-state index contributed by atoms with van der Waals surface area (Å²) >= 11 is 6.69. The van der Waals surface area contributed by atoms with Gasteiger partial charge in [0.2, 0.25) is 11.8 Å². The van der Waals surface area contributed by atoms with Gasteiger partial charge in [-0.05, 0) is 12.5 Å². The van der Waals surface area contributed by atoms with Crippen molar-refractivity contribution in [1.82, 2.24) is 24.6 Å². The number of carbonyl (C=O) groups excluding carboxylic acids is 2. The monoisotopic (exact) mass is 413 g/mol. The lowest BCUT2D eigenvalue weighted by molar-refractivity contribution is -0.134. The standard InChI is InChI=1S/C21H24ClN5O2/c1-13-4-5-16-19(15-10-23-24-11-15)17-12-26(8-9-27(17)21(16)20(13)22)18(29)6-7-25(3)14(2)28/h4-5,10-11H,6-9,12H2,1-3H3,(H,23,24). The lowest BCUT2D eigenvalue weighted by atomic mass is 10.0. The van der Waals surface area contributed by atoms with Crippen molar-refractivity contribution in [3.8, 4) is 11.1 Å². The summed E-state index contributed by atoms with van der Waals surface area (Å²) in [5, 5.41) is 8.81. The Bertz CT molecular complexity index is 1090. The average Bonchev–Trinajstić information content (AvgIpc) is 3.33. The van der Waals surface area contributed by atoms with Gasteiger partial charge in [0, 0.05) is 68.4 Å². The summed E-state index contributed by atoms with van der Waals surface area (Å²) in [5.41, 5.74) is 5.15. The van der Waals surface area contributed by atoms with Crippen LogP contribution in [0, 0.1) is 6.92 Å². The molecule has 0 bridgehead atoms. The third-order valence-electron chi connectivity index (χ3n) is 5.74. The number of benzene rings is 1. The van der Waals surface area contributed by atoms with E-state index in [2.05, 4.69) is 20.8 Å². The lowest BCUT2D eigenvalue weighted by Gasteiger charge is -2.30. The van der Waals surface area contributed by atoms with E-state index in [0.29, 0.717) is 32.6 Å². The van der Waals surface area contributed by atoms with E-state index in [0.717, 1.165) is 38.3 Å². The lowest BCUT2D eigenvalue weighted by Crippen LogP contribution is -2.40. The van der Waals surface area contributed by atoms with Gasteiger partial charge in [0.05, 0.1) is 23.3 Å². The van der Waals surface area contributed by atoms with Crippen molar-refractivity contribution < 1.29 is 9.59 Å². The van der Waals surface area contributed by atoms with Crippen molar-refractivity contribution in [2.75, 3.05) is 20.1 Å². The fourth-order valence-electron chi connectivity index (χ4n) is 3.95. The van der Waals surface area contributed by atoms with E-state index in [4.69, 9.17) is 11.6 Å². The molecule has 3 aromatic rings. The molecule has 1 aliphatic heterocycles. The highest BCUT2D eigenvalue weighted by Gasteiger charge is 2.28. The number of halogens is 1. The van der Waals surface area contributed by atoms with Gasteiger partial charge >= 0.3 is 0 Å². The molecule has 8 heteroatoms. The number of aromatic nitrogens is 3. The molecular formula is C21H24ClN5O2. The molecule has 7 nitrogen and oxygen atoms in total. The predicted octanol–water partition coefficient (Wildman–Crippen LogP) is 3.20. The zero-order valence-corrected chi connectivity index (χ0v) is 17.6. The van der Waals surface area contributed by atoms with Crippen LogP contribution in [0.3, 0.4) is 0 Å². The normalized spacial score (nSPS) is 13.6. The molecule has 1 N–H and O–H groups in total. The third kappa shape index (κ3) is 3.40. The van der Waals surface area contributed by atoms with Crippen molar-refractivity contribution >= 4 is 34.3 Å². The van der Waals surface area contributed by atoms with Gasteiger partial charge in [-0.25, -0.2) is 0 Å². The molecule has 1 aromatic carbocycles. The molecule has 0 atom stereocenters. The number of rotatable bonds is 4. The van der Waals surface area contributed by atoms with Crippen molar-refractivity contribution in [3.63, 3.8) is 0 Å². The molecule has 0 aliphatic carbocycles. The second kappa shape index (κ2) is 7.55. The van der Waals surface area contributed by atoms with Crippen LogP contribution in [0.2, 0.25) is 5.02 Å². The molecule has 0 unspecified atom stereocenters. The van der Waals surface area contributed by atoms with Gasteiger partial charge < -0.3 is 14.4 Å². The van der Waals surface area contributed by atoms with Gasteiger partial charge in [-0.1, -0.05) is 23.7 Å². The fraction of sp³-hybridized carbons (Fsp3) is 0.381. The van der Waals surface area contributed by atoms with Gasteiger partial charge in [-0.15, -0.1) is 0 Å². The number of fused-ring (bicyclic) bond motifs is 3. The maximum absolute atomic E-state index is 12.8. The number of amides is 2. The largest absolute Gasteiger partial charge is 0.345 e. The minimum atomic E-state index is -0.0381. The van der Waals surface area contributed by atoms with E-state index < -0.39 is 0 Å². The van der Waals surface area contributed by atoms with Gasteiger partial charge in [-0.3, -0.25) is 14.7 Å². The first-order valence-electron chi connectivity index (χ1n) is 9.67. The van der Waals surface area contributed by atoms with Crippen molar-refractivity contribution in [3.05, 3.63) is 40.8 Å². The maximum atomic E-state index is 12.8. The summed E-state index contributed by atoms with van der Waals surface area (Å²) in [7, 11) is 1.71. The summed E-state index contributed by atoms with van der Waals surface area (Å²) in [5.74, 6) is 0.0128. The molecular weight excluding hydrogens is 390 g/mol. The predicted molar refractivity (Wildman–Crippen MR) is 113 cm³/mol. The minimum Gasteiger partial charge on any atom is -0.345 e. The van der Waals surface area contributed by atoms with E-state index in [1.165, 1.54) is 6.92 Å². The first-order valence-corrected chi connectivity index (χ1v) is 10.0. The molecule has 0 fully saturated rings. The van der Waals surface area contributed by atoms with Crippen molar-refractivity contribution in [1.29, 1.82) is 0 Å². The molecule has 152 valence electrons. The Kier molecular flexibility index (Phi) is 5.08. The van der Waals surface area contributed by atoms with Crippen LogP contribution in [0.25, 0.3) is 22.0 Å². The number of hydrogen-bond donors (Lipinski definition) is 1. The zero-order chi connectivity index (χ0) is 20.7. The Morgan fingerprint density at radius 2 is 2.10 bits per heavy atom. The fourth-order valence-corrected chi connectivity index (χ4v) is 4.22. The SMILES string of the molecule is CC(=O)N(C)CCC(=O)N1CCn2c(c(-c3cn[nH]c3)c3ccc(C)c(Cl)c32)C1. The molecule has 1 aliphatic rings. The Morgan fingerprint density at radius 1 is 1.31 bits per heavy atom. The molecule has 4 rings (SSSR count). The summed E-state index contributed by atoms with van der Waals surface area (Å²) in [4.78, 5) is 27.6. The second-order valence-electron chi connectivity index (χ2n) is 7.56. The number of aryl methyl sites for hydroxylation is 1. The molecule has 0 saturated heterocycles. The Morgan fingerprint density at radius 3 is 2.79 bits per heavy atom. The van der Waals surface area contributed by atoms with Crippen LogP contribution in [0.4, 0.5) is 0 Å². The zero-order valence-electron chi connectivity index (χ0n) is 16.8. The maximum Gasteiger partial charge on any atom is 0.224 e. The highest BCUT2D eigenvalue weighted by atomic mass is 35.5. The van der Waals surface area contributed by atoms with E-state index in [1.54, 1.807) is 18.1 Å². The number of nitrogens with zero attached hydrogens (tertiary/aromatic N) is 4. The quantitative estimate of drug-likeness (QED) is 0.713. The summed E-state index contributed by atoms with van der Waals surface area (Å²) in [6.07, 6.45) is 3.98. The highest BCUT2D eigenvalue weighted by Crippen LogP contribution is 2.40. The van der Waals surface area contributed by atoms with Crippen molar-refractivity contribution in [2.24, 2.45) is 0 Å². The van der Waals surface area contributed by atoms with Gasteiger partial charge in [0.15, 0.2) is 0 Å². The van der Waals surface area contributed by atoms with Crippen LogP contribution < -0.4 is 0 Å². The van der Waals surface area contributed by atoms with Crippen molar-refractivity contribution in [2.45, 2.75) is 33.4 Å². The third-order valence-corrected chi connectivity index (χ3v) is 6.21. The van der Waals surface area contributed by atoms with Crippen LogP contribution in [0.15, 0.2) is 24.5 Å². The van der Waals surface area contributed by atoms with Crippen LogP contribution in [-0.4, -0.2) is 56.5 Å². The minimum absolute atomic E-state index is 0.0381.